The highest BCUT2D eigenvalue weighted by molar-refractivity contribution is 5.74. The molecule has 4 N–H and O–H groups in total. The predicted octanol–water partition coefficient (Wildman–Crippen LogP) is 3.27. The minimum atomic E-state index is 0.170. The van der Waals surface area contributed by atoms with Gasteiger partial charge in [-0.3, -0.25) is 0 Å². The van der Waals surface area contributed by atoms with Crippen LogP contribution in [0.15, 0.2) is 42.7 Å². The smallest absolute Gasteiger partial charge is 0.225 e. The molecule has 5 rings (SSSR count). The third kappa shape index (κ3) is 7.21. The highest BCUT2D eigenvalue weighted by Gasteiger charge is 2.42. The second-order valence-electron chi connectivity index (χ2n) is 8.89. The van der Waals surface area contributed by atoms with E-state index in [1.807, 2.05) is 46.0 Å². The normalized spacial score (nSPS) is 17.1. The molecule has 0 radical (unpaired) electrons. The summed E-state index contributed by atoms with van der Waals surface area (Å²) >= 11 is 0. The number of anilines is 3. The lowest BCUT2D eigenvalue weighted by Gasteiger charge is -2.42. The molecule has 1 aromatic carbocycles. The Morgan fingerprint density at radius 3 is 2.36 bits per heavy atom. The van der Waals surface area contributed by atoms with Crippen LogP contribution in [-0.4, -0.2) is 70.3 Å². The van der Waals surface area contributed by atoms with Gasteiger partial charge in [-0.1, -0.05) is 44.7 Å². The van der Waals surface area contributed by atoms with Gasteiger partial charge < -0.3 is 30.8 Å². The minimum absolute atomic E-state index is 0.170. The van der Waals surface area contributed by atoms with Gasteiger partial charge in [0, 0.05) is 49.6 Å². The topological polar surface area (TPSA) is 133 Å². The number of aromatic hydroxyl groups is 1. The number of piperazine rings is 1. The number of hydrogen-bond donors (Lipinski definition) is 3. The van der Waals surface area contributed by atoms with Crippen LogP contribution in [0.3, 0.4) is 0 Å². The predicted molar refractivity (Wildman–Crippen MR) is 156 cm³/mol. The van der Waals surface area contributed by atoms with Crippen LogP contribution in [0.1, 0.15) is 45.6 Å². The van der Waals surface area contributed by atoms with E-state index < -0.39 is 0 Å². The first kappa shape index (κ1) is 29.3. The van der Waals surface area contributed by atoms with Gasteiger partial charge in [0.2, 0.25) is 5.95 Å². The van der Waals surface area contributed by atoms with E-state index in [1.54, 1.807) is 24.5 Å². The molecule has 2 fully saturated rings. The van der Waals surface area contributed by atoms with Crippen molar-refractivity contribution in [3.8, 4) is 28.8 Å². The molecule has 0 aliphatic carbocycles. The van der Waals surface area contributed by atoms with Crippen molar-refractivity contribution in [2.24, 2.45) is 0 Å². The monoisotopic (exact) mass is 530 g/mol. The number of nitrogen functional groups attached to an aromatic ring is 1. The van der Waals surface area contributed by atoms with Gasteiger partial charge in [0.15, 0.2) is 5.82 Å². The van der Waals surface area contributed by atoms with Crippen molar-refractivity contribution in [2.45, 2.75) is 52.1 Å². The molecule has 3 aromatic rings. The second kappa shape index (κ2) is 14.6. The number of phenolic OH excluding ortho intramolecular Hbond substituents is 1. The Bertz CT molecular complexity index is 1260. The number of carbonyl (C=O) groups is 1. The van der Waals surface area contributed by atoms with Gasteiger partial charge >= 0.3 is 0 Å². The molecule has 0 spiro atoms. The SMILES string of the molecule is CC.CCC=O.CNCC#Cc1cnc(N2C3CCC2CN(c2cc(-c4ccccc4O)nnc2N)C3)nc1. The van der Waals surface area contributed by atoms with E-state index in [0.29, 0.717) is 30.0 Å². The molecule has 0 amide bonds. The Morgan fingerprint density at radius 1 is 1.13 bits per heavy atom. The van der Waals surface area contributed by atoms with E-state index in [1.165, 1.54) is 0 Å². The van der Waals surface area contributed by atoms with Crippen molar-refractivity contribution in [3.05, 3.63) is 48.3 Å². The second-order valence-corrected chi connectivity index (χ2v) is 8.89. The summed E-state index contributed by atoms with van der Waals surface area (Å²) in [4.78, 5) is 23.0. The van der Waals surface area contributed by atoms with Crippen molar-refractivity contribution in [2.75, 3.05) is 42.2 Å². The van der Waals surface area contributed by atoms with Crippen LogP contribution in [0, 0.1) is 11.8 Å². The van der Waals surface area contributed by atoms with Crippen LogP contribution in [-0.2, 0) is 4.79 Å². The summed E-state index contributed by atoms with van der Waals surface area (Å²) in [5.41, 5.74) is 9.12. The number of carbonyl (C=O) groups excluding carboxylic acids is 1. The molecular weight excluding hydrogens is 492 g/mol. The van der Waals surface area contributed by atoms with Gasteiger partial charge in [-0.2, -0.15) is 0 Å². The number of aldehydes is 1. The summed E-state index contributed by atoms with van der Waals surface area (Å²) < 4.78 is 0. The molecule has 2 aliphatic rings. The van der Waals surface area contributed by atoms with E-state index in [2.05, 4.69) is 47.1 Å². The molecule has 2 aromatic heterocycles. The fourth-order valence-corrected chi connectivity index (χ4v) is 4.65. The summed E-state index contributed by atoms with van der Waals surface area (Å²) in [5.74, 6) is 7.40. The Balaban J connectivity index is 0.000000644. The minimum Gasteiger partial charge on any atom is -0.507 e. The molecule has 4 heterocycles. The number of nitrogens with zero attached hydrogens (tertiary/aromatic N) is 6. The maximum absolute atomic E-state index is 10.2. The van der Waals surface area contributed by atoms with Gasteiger partial charge in [0.05, 0.1) is 23.5 Å². The number of aromatic nitrogens is 4. The third-order valence-corrected chi connectivity index (χ3v) is 6.34. The Labute approximate surface area is 230 Å². The quantitative estimate of drug-likeness (QED) is 0.333. The number of phenols is 1. The summed E-state index contributed by atoms with van der Waals surface area (Å²) in [7, 11) is 1.87. The van der Waals surface area contributed by atoms with Crippen LogP contribution in [0.2, 0.25) is 0 Å². The van der Waals surface area contributed by atoms with Crippen LogP contribution in [0.5, 0.6) is 5.75 Å². The van der Waals surface area contributed by atoms with Gasteiger partial charge in [-0.05, 0) is 38.1 Å². The van der Waals surface area contributed by atoms with Crippen molar-refractivity contribution < 1.29 is 9.90 Å². The van der Waals surface area contributed by atoms with Crippen LogP contribution < -0.4 is 20.9 Å². The Hall–Kier alpha value is -4.23. The molecule has 2 atom stereocenters. The lowest BCUT2D eigenvalue weighted by atomic mass is 10.1. The lowest BCUT2D eigenvalue weighted by molar-refractivity contribution is -0.107. The molecule has 2 saturated heterocycles. The first-order valence-electron chi connectivity index (χ1n) is 13.4. The van der Waals surface area contributed by atoms with Crippen molar-refractivity contribution in [1.29, 1.82) is 0 Å². The number of hydrogen-bond acceptors (Lipinski definition) is 10. The maximum atomic E-state index is 10.2. The first-order chi connectivity index (χ1) is 19.0. The van der Waals surface area contributed by atoms with Crippen LogP contribution >= 0.6 is 0 Å². The number of nitrogens with two attached hydrogens (primary N) is 1. The summed E-state index contributed by atoms with van der Waals surface area (Å²) in [5, 5.41) is 21.6. The van der Waals surface area contributed by atoms with Crippen molar-refractivity contribution in [1.82, 2.24) is 25.5 Å². The molecule has 2 aliphatic heterocycles. The number of benzene rings is 1. The Morgan fingerprint density at radius 2 is 1.77 bits per heavy atom. The standard InChI is InChI=1S/C24H26N8O.C3H6O.C2H6/c1-26-10-4-5-16-12-27-24(28-13-16)32-17-8-9-18(32)15-31(14-17)21-11-20(29-30-23(21)25)19-6-2-3-7-22(19)33;1-2-3-4;1-2/h2-3,6-7,11-13,17-18,26,33H,8-10,14-15H2,1H3,(H2,25,30);3H,2H2,1H3;1-2H3. The highest BCUT2D eigenvalue weighted by Crippen LogP contribution is 2.37. The van der Waals surface area contributed by atoms with Crippen molar-refractivity contribution >= 4 is 23.7 Å². The summed E-state index contributed by atoms with van der Waals surface area (Å²) in [6.45, 7) is 8.03. The zero-order valence-electron chi connectivity index (χ0n) is 23.1. The van der Waals surface area contributed by atoms with Crippen molar-refractivity contribution in [3.63, 3.8) is 0 Å². The molecule has 10 heteroatoms. The molecule has 206 valence electrons. The number of rotatable bonds is 5. The van der Waals surface area contributed by atoms with E-state index in [0.717, 1.165) is 49.4 Å². The average Bonchev–Trinajstić information content (AvgIpc) is 3.24. The molecule has 2 unspecified atom stereocenters. The van der Waals surface area contributed by atoms with Crippen LogP contribution in [0.4, 0.5) is 17.5 Å². The average molecular weight is 531 g/mol. The summed E-state index contributed by atoms with van der Waals surface area (Å²) in [6.07, 6.45) is 7.23. The van der Waals surface area contributed by atoms with Gasteiger partial charge in [0.1, 0.15) is 12.0 Å². The fourth-order valence-electron chi connectivity index (χ4n) is 4.65. The maximum Gasteiger partial charge on any atom is 0.225 e. The van der Waals surface area contributed by atoms with E-state index in [-0.39, 0.29) is 17.8 Å². The fraction of sp³-hybridized carbons (Fsp3) is 0.414. The molecule has 0 saturated carbocycles. The van der Waals surface area contributed by atoms with Gasteiger partial charge in [-0.15, -0.1) is 10.2 Å². The van der Waals surface area contributed by atoms with Crippen LogP contribution in [0.25, 0.3) is 11.3 Å². The number of fused-ring (bicyclic) bond motifs is 2. The van der Waals surface area contributed by atoms with Gasteiger partial charge in [0.25, 0.3) is 0 Å². The zero-order chi connectivity index (χ0) is 28.2. The largest absolute Gasteiger partial charge is 0.507 e. The van der Waals surface area contributed by atoms with E-state index >= 15 is 0 Å². The number of nitrogens with one attached hydrogen (secondary N) is 1. The first-order valence-corrected chi connectivity index (χ1v) is 13.4. The zero-order valence-corrected chi connectivity index (χ0v) is 23.1. The molecule has 10 nitrogen and oxygen atoms in total. The molecular formula is C29H38N8O2. The number of para-hydroxylation sites is 1. The third-order valence-electron chi connectivity index (χ3n) is 6.34. The Kier molecular flexibility index (Phi) is 11.0. The van der Waals surface area contributed by atoms with E-state index in [4.69, 9.17) is 5.73 Å². The van der Waals surface area contributed by atoms with Gasteiger partial charge in [-0.25, -0.2) is 9.97 Å². The summed E-state index contributed by atoms with van der Waals surface area (Å²) in [6, 6.07) is 9.60. The molecule has 2 bridgehead atoms. The van der Waals surface area contributed by atoms with E-state index in [9.17, 15) is 9.90 Å². The lowest BCUT2D eigenvalue weighted by Crippen LogP contribution is -2.54. The molecule has 39 heavy (non-hydrogen) atoms. The highest BCUT2D eigenvalue weighted by atomic mass is 16.3.